The summed E-state index contributed by atoms with van der Waals surface area (Å²) in [5, 5.41) is 13.2. The molecule has 2 aromatic carbocycles. The van der Waals surface area contributed by atoms with E-state index in [0.717, 1.165) is 83.5 Å². The number of halogens is 2. The molecule has 0 spiro atoms. The fourth-order valence-corrected chi connectivity index (χ4v) is 7.77. The first kappa shape index (κ1) is 38.9. The Balaban J connectivity index is 0.000000198. The molecule has 4 aromatic rings. The highest BCUT2D eigenvalue weighted by molar-refractivity contribution is 9.10. The zero-order chi connectivity index (χ0) is 36.9. The van der Waals surface area contributed by atoms with Gasteiger partial charge in [0.15, 0.2) is 0 Å². The highest BCUT2D eigenvalue weighted by Crippen LogP contribution is 2.34. The first-order valence-electron chi connectivity index (χ1n) is 17.9. The first-order chi connectivity index (χ1) is 24.1. The number of ether oxygens (including phenoxy) is 2. The Labute approximate surface area is 318 Å². The number of fused-ring (bicyclic) bond motifs is 2. The molecule has 1 N–H and O–H groups in total. The number of aromatic nitrogens is 2. The second-order valence-corrected chi connectivity index (χ2v) is 17.0. The minimum atomic E-state index is -0.799. The third kappa shape index (κ3) is 10.4. The van der Waals surface area contributed by atoms with Crippen LogP contribution in [-0.2, 0) is 15.9 Å². The van der Waals surface area contributed by atoms with E-state index in [0.29, 0.717) is 11.1 Å². The maximum atomic E-state index is 12.7. The Hall–Kier alpha value is -3.28. The Bertz CT molecular complexity index is 1840. The molecular weight excluding hydrogens is 776 g/mol. The number of aliphatic hydroxyl groups is 1. The predicted molar refractivity (Wildman–Crippen MR) is 209 cm³/mol. The number of likely N-dealkylation sites (tertiary alicyclic amines) is 2. The molecule has 6 rings (SSSR count). The number of carbonyl (C=O) groups is 2. The maximum Gasteiger partial charge on any atom is 0.410 e. The van der Waals surface area contributed by atoms with Gasteiger partial charge in [-0.15, -0.1) is 0 Å². The molecule has 3 unspecified atom stereocenters. The second-order valence-electron chi connectivity index (χ2n) is 15.4. The lowest BCUT2D eigenvalue weighted by atomic mass is 9.91. The quantitative estimate of drug-likeness (QED) is 0.204. The third-order valence-corrected chi connectivity index (χ3v) is 9.87. The highest BCUT2D eigenvalue weighted by Gasteiger charge is 2.36. The monoisotopic (exact) mass is 824 g/mol. The summed E-state index contributed by atoms with van der Waals surface area (Å²) in [6.07, 6.45) is 5.29. The molecule has 2 fully saturated rings. The van der Waals surface area contributed by atoms with Crippen molar-refractivity contribution < 1.29 is 24.2 Å². The summed E-state index contributed by atoms with van der Waals surface area (Å²) in [5.74, 6) is 0. The van der Waals surface area contributed by atoms with Gasteiger partial charge in [-0.05, 0) is 154 Å². The minimum absolute atomic E-state index is 0.168. The van der Waals surface area contributed by atoms with E-state index >= 15 is 0 Å². The number of hydrogen-bond acceptors (Lipinski definition) is 7. The number of nitrogens with zero attached hydrogens (tertiary/aromatic N) is 4. The fourth-order valence-electron chi connectivity index (χ4n) is 6.86. The smallest absolute Gasteiger partial charge is 0.410 e. The van der Waals surface area contributed by atoms with Crippen molar-refractivity contribution >= 4 is 65.9 Å². The van der Waals surface area contributed by atoms with Crippen molar-refractivity contribution in [3.63, 3.8) is 0 Å². The van der Waals surface area contributed by atoms with Gasteiger partial charge < -0.3 is 24.4 Å². The molecule has 3 atom stereocenters. The summed E-state index contributed by atoms with van der Waals surface area (Å²) >= 11 is 6.95. The number of benzene rings is 2. The van der Waals surface area contributed by atoms with Crippen LogP contribution in [0.25, 0.3) is 21.8 Å². The van der Waals surface area contributed by atoms with Crippen LogP contribution in [0.1, 0.15) is 97.3 Å². The Morgan fingerprint density at radius 1 is 0.765 bits per heavy atom. The van der Waals surface area contributed by atoms with Crippen LogP contribution in [0.4, 0.5) is 9.59 Å². The van der Waals surface area contributed by atoms with Crippen molar-refractivity contribution in [3.05, 3.63) is 81.0 Å². The van der Waals surface area contributed by atoms with Gasteiger partial charge in [-0.2, -0.15) is 0 Å². The van der Waals surface area contributed by atoms with Crippen molar-refractivity contribution in [1.82, 2.24) is 19.8 Å². The topological polar surface area (TPSA) is 105 Å². The van der Waals surface area contributed by atoms with Gasteiger partial charge in [0.05, 0.1) is 17.1 Å². The number of hydrogen-bond donors (Lipinski definition) is 1. The normalized spacial score (nSPS) is 18.9. The molecule has 0 aliphatic carbocycles. The van der Waals surface area contributed by atoms with Crippen LogP contribution < -0.4 is 0 Å². The number of pyridine rings is 2. The maximum absolute atomic E-state index is 12.7. The predicted octanol–water partition coefficient (Wildman–Crippen LogP) is 10.1. The van der Waals surface area contributed by atoms with Gasteiger partial charge in [0.2, 0.25) is 0 Å². The van der Waals surface area contributed by atoms with Crippen LogP contribution >= 0.6 is 31.9 Å². The summed E-state index contributed by atoms with van der Waals surface area (Å²) in [4.78, 5) is 37.9. The van der Waals surface area contributed by atoms with E-state index in [1.54, 1.807) is 4.90 Å². The molecule has 2 aliphatic rings. The fraction of sp³-hybridized carbons (Fsp3) is 0.500. The van der Waals surface area contributed by atoms with Crippen LogP contribution in [-0.4, -0.2) is 73.4 Å². The summed E-state index contributed by atoms with van der Waals surface area (Å²) in [6.45, 7) is 12.7. The number of piperidine rings is 2. The van der Waals surface area contributed by atoms with Crippen LogP contribution in [0.2, 0.25) is 0 Å². The average Bonchev–Trinajstić information content (AvgIpc) is 3.06. The van der Waals surface area contributed by atoms with E-state index in [1.165, 1.54) is 5.56 Å². The SMILES string of the molecule is CC(C)(C)OC(=O)N1CCCCC1C(O)c1cc(Br)nc2ccccc12.CC(C)(C)OC(=O)N1CCCCC1Cc1cc(Br)nc2ccccc12. The number of amides is 2. The van der Waals surface area contributed by atoms with Gasteiger partial charge in [-0.25, -0.2) is 19.6 Å². The van der Waals surface area contributed by atoms with E-state index in [9.17, 15) is 14.7 Å². The Morgan fingerprint density at radius 2 is 1.27 bits per heavy atom. The summed E-state index contributed by atoms with van der Waals surface area (Å²) in [7, 11) is 0. The molecular formula is C40H50Br2N4O5. The van der Waals surface area contributed by atoms with Crippen molar-refractivity contribution in [1.29, 1.82) is 0 Å². The molecule has 0 bridgehead atoms. The lowest BCUT2D eigenvalue weighted by Crippen LogP contribution is -2.48. The standard InChI is InChI=1S/C20H25BrN2O3.C20H25BrN2O2/c1-20(2,3)26-19(25)23-11-7-6-10-16(23)18(24)14-12-17(21)22-15-9-5-4-8-13(14)15;1-20(2,3)25-19(24)23-11-7-6-8-15(23)12-14-13-18(21)22-17-10-5-4-9-16(14)17/h4-5,8-9,12,16,18,24H,6-7,10-11H2,1-3H3;4-5,9-10,13,15H,6-8,11-12H2,1-3H3. The van der Waals surface area contributed by atoms with Crippen LogP contribution in [0.3, 0.4) is 0 Å². The Morgan fingerprint density at radius 3 is 1.90 bits per heavy atom. The first-order valence-corrected chi connectivity index (χ1v) is 19.4. The second kappa shape index (κ2) is 16.6. The van der Waals surface area contributed by atoms with Gasteiger partial charge in [-0.1, -0.05) is 36.4 Å². The molecule has 2 aliphatic heterocycles. The molecule has 0 radical (unpaired) electrons. The third-order valence-electron chi connectivity index (χ3n) is 9.06. The molecule has 4 heterocycles. The average molecular weight is 827 g/mol. The van der Waals surface area contributed by atoms with E-state index < -0.39 is 17.3 Å². The zero-order valence-electron chi connectivity index (χ0n) is 30.5. The van der Waals surface area contributed by atoms with E-state index in [-0.39, 0.29) is 24.3 Å². The van der Waals surface area contributed by atoms with Gasteiger partial charge in [0.1, 0.15) is 26.5 Å². The van der Waals surface area contributed by atoms with Crippen LogP contribution in [0.5, 0.6) is 0 Å². The number of para-hydroxylation sites is 2. The Kier molecular flexibility index (Phi) is 12.7. The van der Waals surface area contributed by atoms with Crippen molar-refractivity contribution in [2.24, 2.45) is 0 Å². The summed E-state index contributed by atoms with van der Waals surface area (Å²) in [6, 6.07) is 19.7. The molecule has 274 valence electrons. The number of rotatable bonds is 4. The van der Waals surface area contributed by atoms with Crippen molar-refractivity contribution in [2.75, 3.05) is 13.1 Å². The highest BCUT2D eigenvalue weighted by atomic mass is 79.9. The van der Waals surface area contributed by atoms with Crippen molar-refractivity contribution in [2.45, 2.75) is 116 Å². The summed E-state index contributed by atoms with van der Waals surface area (Å²) in [5.41, 5.74) is 2.77. The molecule has 9 nitrogen and oxygen atoms in total. The van der Waals surface area contributed by atoms with Gasteiger partial charge in [-0.3, -0.25) is 0 Å². The zero-order valence-corrected chi connectivity index (χ0v) is 33.7. The van der Waals surface area contributed by atoms with E-state index in [4.69, 9.17) is 9.47 Å². The summed E-state index contributed by atoms with van der Waals surface area (Å²) < 4.78 is 12.7. The van der Waals surface area contributed by atoms with Gasteiger partial charge in [0, 0.05) is 29.9 Å². The van der Waals surface area contributed by atoms with Gasteiger partial charge in [0.25, 0.3) is 0 Å². The molecule has 11 heteroatoms. The number of aliphatic hydroxyl groups excluding tert-OH is 1. The largest absolute Gasteiger partial charge is 0.444 e. The minimum Gasteiger partial charge on any atom is -0.444 e. The van der Waals surface area contributed by atoms with Crippen LogP contribution in [0.15, 0.2) is 69.9 Å². The molecule has 2 aromatic heterocycles. The van der Waals surface area contributed by atoms with E-state index in [2.05, 4.69) is 54.0 Å². The van der Waals surface area contributed by atoms with Crippen molar-refractivity contribution in [3.8, 4) is 0 Å². The molecule has 2 amide bonds. The molecule has 0 saturated carbocycles. The lowest BCUT2D eigenvalue weighted by Gasteiger charge is -2.39. The lowest BCUT2D eigenvalue weighted by molar-refractivity contribution is -0.0166. The van der Waals surface area contributed by atoms with Crippen LogP contribution in [0, 0.1) is 0 Å². The van der Waals surface area contributed by atoms with E-state index in [1.807, 2.05) is 95.0 Å². The molecule has 51 heavy (non-hydrogen) atoms. The number of carbonyl (C=O) groups excluding carboxylic acids is 2. The van der Waals surface area contributed by atoms with Gasteiger partial charge >= 0.3 is 12.2 Å². The molecule has 2 saturated heterocycles.